The molecule has 1 heterocycles. The summed E-state index contributed by atoms with van der Waals surface area (Å²) in [5, 5.41) is 12.8. The number of nitro benzene ring substituents is 1. The molecule has 7 nitrogen and oxygen atoms in total. The van der Waals surface area contributed by atoms with Crippen LogP contribution in [-0.2, 0) is 16.6 Å². The second-order valence-electron chi connectivity index (χ2n) is 4.04. The first-order valence-corrected chi connectivity index (χ1v) is 8.71. The molecule has 0 radical (unpaired) electrons. The molecule has 0 fully saturated rings. The first-order valence-electron chi connectivity index (χ1n) is 5.56. The van der Waals surface area contributed by atoms with E-state index in [1.807, 2.05) is 5.38 Å². The van der Waals surface area contributed by atoms with Gasteiger partial charge in [-0.1, -0.05) is 0 Å². The van der Waals surface area contributed by atoms with Gasteiger partial charge in [-0.15, -0.1) is 11.3 Å². The third kappa shape index (κ3) is 3.79. The van der Waals surface area contributed by atoms with Gasteiger partial charge < -0.3 is 5.73 Å². The van der Waals surface area contributed by atoms with Crippen molar-refractivity contribution in [2.24, 2.45) is 0 Å². The number of sulfonamides is 1. The summed E-state index contributed by atoms with van der Waals surface area (Å²) in [5.41, 5.74) is 5.03. The molecule has 0 aliphatic rings. The van der Waals surface area contributed by atoms with Crippen molar-refractivity contribution in [2.75, 3.05) is 5.73 Å². The fourth-order valence-corrected chi connectivity index (χ4v) is 4.23. The van der Waals surface area contributed by atoms with Gasteiger partial charge in [0.05, 0.1) is 4.92 Å². The Bertz CT molecular complexity index is 789. The Labute approximate surface area is 133 Å². The molecule has 0 saturated carbocycles. The lowest BCUT2D eigenvalue weighted by atomic mass is 10.3. The quantitative estimate of drug-likeness (QED) is 0.461. The van der Waals surface area contributed by atoms with E-state index < -0.39 is 25.5 Å². The monoisotopic (exact) mass is 391 g/mol. The van der Waals surface area contributed by atoms with E-state index in [-0.39, 0.29) is 12.2 Å². The Morgan fingerprint density at radius 3 is 2.67 bits per heavy atom. The van der Waals surface area contributed by atoms with E-state index in [0.717, 1.165) is 21.5 Å². The van der Waals surface area contributed by atoms with Gasteiger partial charge in [-0.2, -0.15) is 0 Å². The number of thiophene rings is 1. The van der Waals surface area contributed by atoms with Crippen LogP contribution in [0.4, 0.5) is 11.4 Å². The van der Waals surface area contributed by atoms with Crippen molar-refractivity contribution in [1.82, 2.24) is 4.72 Å². The van der Waals surface area contributed by atoms with Crippen molar-refractivity contribution in [3.8, 4) is 0 Å². The topological polar surface area (TPSA) is 115 Å². The van der Waals surface area contributed by atoms with Crippen molar-refractivity contribution in [3.05, 3.63) is 49.1 Å². The Hall–Kier alpha value is -1.49. The number of anilines is 1. The zero-order valence-corrected chi connectivity index (χ0v) is 13.7. The molecular weight excluding hydrogens is 382 g/mol. The standard InChI is InChI=1S/C11H10BrN3O4S2/c12-7-3-9(20-6-7)5-14-21(18,19)11-2-1-8(13)4-10(11)15(16)17/h1-4,6,14H,5,13H2. The van der Waals surface area contributed by atoms with Crippen molar-refractivity contribution < 1.29 is 13.3 Å². The highest BCUT2D eigenvalue weighted by molar-refractivity contribution is 9.10. The number of rotatable bonds is 5. The van der Waals surface area contributed by atoms with Gasteiger partial charge in [0.1, 0.15) is 0 Å². The van der Waals surface area contributed by atoms with Gasteiger partial charge in [0.25, 0.3) is 5.69 Å². The fourth-order valence-electron chi connectivity index (χ4n) is 1.59. The van der Waals surface area contributed by atoms with E-state index in [1.54, 1.807) is 6.07 Å². The summed E-state index contributed by atoms with van der Waals surface area (Å²) in [4.78, 5) is 10.6. The third-order valence-corrected chi connectivity index (χ3v) is 5.67. The lowest BCUT2D eigenvalue weighted by molar-refractivity contribution is -0.387. The first-order chi connectivity index (χ1) is 9.79. The Balaban J connectivity index is 2.29. The Morgan fingerprint density at radius 2 is 2.10 bits per heavy atom. The van der Waals surface area contributed by atoms with E-state index in [1.165, 1.54) is 17.4 Å². The van der Waals surface area contributed by atoms with E-state index >= 15 is 0 Å². The summed E-state index contributed by atoms with van der Waals surface area (Å²) in [7, 11) is -4.00. The van der Waals surface area contributed by atoms with E-state index in [9.17, 15) is 18.5 Å². The molecule has 0 atom stereocenters. The Morgan fingerprint density at radius 1 is 1.38 bits per heavy atom. The van der Waals surface area contributed by atoms with Gasteiger partial charge in [0.2, 0.25) is 10.0 Å². The van der Waals surface area contributed by atoms with Crippen molar-refractivity contribution in [1.29, 1.82) is 0 Å². The summed E-state index contributed by atoms with van der Waals surface area (Å²) in [5.74, 6) is 0. The number of nitrogens with two attached hydrogens (primary N) is 1. The van der Waals surface area contributed by atoms with Crippen LogP contribution in [0.25, 0.3) is 0 Å². The molecule has 3 N–H and O–H groups in total. The fraction of sp³-hybridized carbons (Fsp3) is 0.0909. The number of nitro groups is 1. The minimum absolute atomic E-state index is 0.0557. The highest BCUT2D eigenvalue weighted by atomic mass is 79.9. The van der Waals surface area contributed by atoms with E-state index in [0.29, 0.717) is 0 Å². The third-order valence-electron chi connectivity index (χ3n) is 2.53. The molecule has 0 unspecified atom stereocenters. The van der Waals surface area contributed by atoms with Gasteiger partial charge in [-0.05, 0) is 34.1 Å². The van der Waals surface area contributed by atoms with Crippen LogP contribution in [0.1, 0.15) is 4.88 Å². The lowest BCUT2D eigenvalue weighted by Crippen LogP contribution is -2.23. The van der Waals surface area contributed by atoms with Crippen LogP contribution in [-0.4, -0.2) is 13.3 Å². The predicted octanol–water partition coefficient (Wildman–Crippen LogP) is 2.48. The van der Waals surface area contributed by atoms with E-state index in [4.69, 9.17) is 5.73 Å². The molecule has 2 aromatic rings. The predicted molar refractivity (Wildman–Crippen MR) is 83.6 cm³/mol. The van der Waals surface area contributed by atoms with Crippen molar-refractivity contribution >= 4 is 48.7 Å². The minimum atomic E-state index is -4.00. The zero-order valence-electron chi connectivity index (χ0n) is 10.4. The molecule has 10 heteroatoms. The molecule has 21 heavy (non-hydrogen) atoms. The molecule has 0 spiro atoms. The van der Waals surface area contributed by atoms with Gasteiger partial charge in [0.15, 0.2) is 4.90 Å². The van der Waals surface area contributed by atoms with Gasteiger partial charge >= 0.3 is 0 Å². The molecule has 2 rings (SSSR count). The van der Waals surface area contributed by atoms with Crippen LogP contribution in [0.2, 0.25) is 0 Å². The Kier molecular flexibility index (Phi) is 4.61. The van der Waals surface area contributed by atoms with Crippen LogP contribution < -0.4 is 10.5 Å². The highest BCUT2D eigenvalue weighted by Gasteiger charge is 2.25. The SMILES string of the molecule is Nc1ccc(S(=O)(=O)NCc2cc(Br)cs2)c([N+](=O)[O-])c1. The average molecular weight is 392 g/mol. The summed E-state index contributed by atoms with van der Waals surface area (Å²) in [6.07, 6.45) is 0. The molecule has 0 aliphatic heterocycles. The number of halogens is 1. The second-order valence-corrected chi connectivity index (χ2v) is 7.69. The maximum absolute atomic E-state index is 12.2. The van der Waals surface area contributed by atoms with Crippen molar-refractivity contribution in [3.63, 3.8) is 0 Å². The largest absolute Gasteiger partial charge is 0.399 e. The number of nitrogens with one attached hydrogen (secondary N) is 1. The molecule has 112 valence electrons. The molecule has 1 aromatic carbocycles. The van der Waals surface area contributed by atoms with Gasteiger partial charge in [-0.3, -0.25) is 10.1 Å². The van der Waals surface area contributed by atoms with Crippen LogP contribution in [0.15, 0.2) is 39.0 Å². The number of hydrogen-bond donors (Lipinski definition) is 2. The smallest absolute Gasteiger partial charge is 0.291 e. The molecule has 0 amide bonds. The van der Waals surface area contributed by atoms with Crippen LogP contribution in [0, 0.1) is 10.1 Å². The number of hydrogen-bond acceptors (Lipinski definition) is 6. The lowest BCUT2D eigenvalue weighted by Gasteiger charge is -2.07. The molecule has 0 aliphatic carbocycles. The van der Waals surface area contributed by atoms with Crippen LogP contribution >= 0.6 is 27.3 Å². The van der Waals surface area contributed by atoms with Crippen LogP contribution in [0.5, 0.6) is 0 Å². The normalized spacial score (nSPS) is 11.5. The van der Waals surface area contributed by atoms with Crippen molar-refractivity contribution in [2.45, 2.75) is 11.4 Å². The molecule has 1 aromatic heterocycles. The molecule has 0 bridgehead atoms. The van der Waals surface area contributed by atoms with Gasteiger partial charge in [0, 0.05) is 33.0 Å². The summed E-state index contributed by atoms with van der Waals surface area (Å²) >= 11 is 4.64. The summed E-state index contributed by atoms with van der Waals surface area (Å²) in [6, 6.07) is 5.23. The maximum atomic E-state index is 12.2. The zero-order chi connectivity index (χ0) is 15.6. The number of benzene rings is 1. The number of nitrogens with zero attached hydrogens (tertiary/aromatic N) is 1. The highest BCUT2D eigenvalue weighted by Crippen LogP contribution is 2.26. The summed E-state index contributed by atoms with van der Waals surface area (Å²) in [6.45, 7) is 0.0557. The van der Waals surface area contributed by atoms with E-state index in [2.05, 4.69) is 20.7 Å². The molecule has 0 saturated heterocycles. The molecular formula is C11H10BrN3O4S2. The number of nitrogen functional groups attached to an aromatic ring is 1. The maximum Gasteiger partial charge on any atom is 0.291 e. The minimum Gasteiger partial charge on any atom is -0.399 e. The second kappa shape index (κ2) is 6.10. The average Bonchev–Trinajstić information content (AvgIpc) is 2.82. The first kappa shape index (κ1) is 15.9. The summed E-state index contributed by atoms with van der Waals surface area (Å²) < 4.78 is 27.6. The van der Waals surface area contributed by atoms with Crippen LogP contribution in [0.3, 0.4) is 0 Å². The van der Waals surface area contributed by atoms with Gasteiger partial charge in [-0.25, -0.2) is 13.1 Å².